The molecule has 3 nitrogen and oxygen atoms in total. The van der Waals surface area contributed by atoms with E-state index in [1.165, 1.54) is 22.4 Å². The van der Waals surface area contributed by atoms with E-state index in [4.69, 9.17) is 4.98 Å². The number of ketones is 1. The van der Waals surface area contributed by atoms with Gasteiger partial charge in [-0.05, 0) is 63.3 Å². The molecule has 0 amide bonds. The van der Waals surface area contributed by atoms with Crippen molar-refractivity contribution in [2.24, 2.45) is 5.92 Å². The molecule has 0 bridgehead atoms. The Morgan fingerprint density at radius 1 is 1.29 bits per heavy atom. The molecule has 1 aromatic heterocycles. The highest BCUT2D eigenvalue weighted by molar-refractivity contribution is 5.78. The van der Waals surface area contributed by atoms with Crippen molar-refractivity contribution in [1.29, 1.82) is 0 Å². The Bertz CT molecular complexity index is 549. The van der Waals surface area contributed by atoms with Gasteiger partial charge in [0.2, 0.25) is 0 Å². The monoisotopic (exact) mass is 288 g/mol. The van der Waals surface area contributed by atoms with Crippen LogP contribution in [0.5, 0.6) is 0 Å². The van der Waals surface area contributed by atoms with Crippen LogP contribution in [-0.4, -0.2) is 28.8 Å². The first kappa shape index (κ1) is 16.2. The van der Waals surface area contributed by atoms with Crippen LogP contribution < -0.4 is 0 Å². The molecule has 0 aromatic carbocycles. The minimum absolute atomic E-state index is 0.231. The van der Waals surface area contributed by atoms with Gasteiger partial charge in [0.05, 0.1) is 0 Å². The van der Waals surface area contributed by atoms with Crippen molar-refractivity contribution >= 4 is 5.78 Å². The highest BCUT2D eigenvalue weighted by Crippen LogP contribution is 2.27. The third-order valence-electron chi connectivity index (χ3n) is 4.90. The average Bonchev–Trinajstić information content (AvgIpc) is 2.87. The fraction of sp³-hybridized carbons (Fsp3) is 0.667. The van der Waals surface area contributed by atoms with Crippen LogP contribution in [0, 0.1) is 26.7 Å². The van der Waals surface area contributed by atoms with Crippen LogP contribution >= 0.6 is 0 Å². The molecule has 116 valence electrons. The summed E-state index contributed by atoms with van der Waals surface area (Å²) in [6, 6.07) is 0. The smallest absolute Gasteiger partial charge is 0.134 e. The SMILES string of the molecule is CC(=O)[C@@H]1CCN(Cc2c(C)nc(C(C)C)c(C)c2C)C1. The summed E-state index contributed by atoms with van der Waals surface area (Å²) in [5, 5.41) is 0. The predicted molar refractivity (Wildman–Crippen MR) is 86.6 cm³/mol. The Hall–Kier alpha value is -1.22. The van der Waals surface area contributed by atoms with Crippen molar-refractivity contribution < 1.29 is 4.79 Å². The average molecular weight is 288 g/mol. The normalized spacial score (nSPS) is 19.5. The molecule has 0 N–H and O–H groups in total. The van der Waals surface area contributed by atoms with E-state index >= 15 is 0 Å². The van der Waals surface area contributed by atoms with Crippen LogP contribution in [0.1, 0.15) is 61.2 Å². The Morgan fingerprint density at radius 3 is 2.48 bits per heavy atom. The van der Waals surface area contributed by atoms with E-state index in [2.05, 4.69) is 39.5 Å². The van der Waals surface area contributed by atoms with Crippen LogP contribution in [0.15, 0.2) is 0 Å². The Morgan fingerprint density at radius 2 is 1.95 bits per heavy atom. The van der Waals surface area contributed by atoms with Gasteiger partial charge in [-0.15, -0.1) is 0 Å². The summed E-state index contributed by atoms with van der Waals surface area (Å²) < 4.78 is 0. The van der Waals surface area contributed by atoms with Crippen LogP contribution in [0.25, 0.3) is 0 Å². The number of aromatic nitrogens is 1. The minimum Gasteiger partial charge on any atom is -0.300 e. The molecule has 1 aliphatic rings. The third kappa shape index (κ3) is 3.34. The van der Waals surface area contributed by atoms with E-state index in [-0.39, 0.29) is 5.92 Å². The van der Waals surface area contributed by atoms with Gasteiger partial charge in [-0.1, -0.05) is 13.8 Å². The number of aryl methyl sites for hydroxylation is 1. The largest absolute Gasteiger partial charge is 0.300 e. The van der Waals surface area contributed by atoms with Gasteiger partial charge in [-0.2, -0.15) is 0 Å². The van der Waals surface area contributed by atoms with E-state index in [0.717, 1.165) is 31.7 Å². The molecule has 0 unspecified atom stereocenters. The highest BCUT2D eigenvalue weighted by atomic mass is 16.1. The number of hydrogen-bond acceptors (Lipinski definition) is 3. The van der Waals surface area contributed by atoms with Crippen molar-refractivity contribution in [2.75, 3.05) is 13.1 Å². The van der Waals surface area contributed by atoms with Gasteiger partial charge in [0.25, 0.3) is 0 Å². The van der Waals surface area contributed by atoms with E-state index in [9.17, 15) is 4.79 Å². The van der Waals surface area contributed by atoms with Crippen molar-refractivity contribution in [3.8, 4) is 0 Å². The zero-order valence-corrected chi connectivity index (χ0v) is 14.3. The molecule has 2 heterocycles. The molecular weight excluding hydrogens is 260 g/mol. The predicted octanol–water partition coefficient (Wildman–Crippen LogP) is 3.54. The molecule has 0 aliphatic carbocycles. The lowest BCUT2D eigenvalue weighted by molar-refractivity contribution is -0.120. The fourth-order valence-electron chi connectivity index (χ4n) is 3.35. The topological polar surface area (TPSA) is 33.2 Å². The molecule has 1 fully saturated rings. The standard InChI is InChI=1S/C18H28N2O/c1-11(2)18-13(4)12(3)17(14(5)19-18)10-20-8-7-16(9-20)15(6)21/h11,16H,7-10H2,1-6H3/t16-/m1/s1. The molecule has 3 heteroatoms. The molecule has 1 aliphatic heterocycles. The molecule has 1 aromatic rings. The van der Waals surface area contributed by atoms with E-state index < -0.39 is 0 Å². The minimum atomic E-state index is 0.231. The van der Waals surface area contributed by atoms with Gasteiger partial charge in [-0.3, -0.25) is 14.7 Å². The first-order chi connectivity index (χ1) is 9.81. The van der Waals surface area contributed by atoms with Gasteiger partial charge < -0.3 is 0 Å². The maximum atomic E-state index is 11.5. The third-order valence-corrected chi connectivity index (χ3v) is 4.90. The number of carbonyl (C=O) groups is 1. The van der Waals surface area contributed by atoms with Gasteiger partial charge >= 0.3 is 0 Å². The number of pyridine rings is 1. The lowest BCUT2D eigenvalue weighted by Gasteiger charge is -2.22. The lowest BCUT2D eigenvalue weighted by atomic mass is 9.95. The van der Waals surface area contributed by atoms with E-state index in [0.29, 0.717) is 11.7 Å². The van der Waals surface area contributed by atoms with E-state index in [1.54, 1.807) is 6.92 Å². The number of carbonyl (C=O) groups excluding carboxylic acids is 1. The summed E-state index contributed by atoms with van der Waals surface area (Å²) >= 11 is 0. The molecule has 1 saturated heterocycles. The first-order valence-corrected chi connectivity index (χ1v) is 8.00. The second-order valence-corrected chi connectivity index (χ2v) is 6.80. The van der Waals surface area contributed by atoms with Crippen LogP contribution in [0.3, 0.4) is 0 Å². The van der Waals surface area contributed by atoms with Gasteiger partial charge in [0, 0.05) is 30.4 Å². The Kier molecular flexibility index (Phi) is 4.82. The van der Waals surface area contributed by atoms with Crippen LogP contribution in [-0.2, 0) is 11.3 Å². The summed E-state index contributed by atoms with van der Waals surface area (Å²) in [4.78, 5) is 18.7. The molecular formula is C18H28N2O. The Balaban J connectivity index is 2.22. The molecule has 21 heavy (non-hydrogen) atoms. The maximum Gasteiger partial charge on any atom is 0.134 e. The number of Topliss-reactive ketones (excluding diaryl/α,β-unsaturated/α-hetero) is 1. The fourth-order valence-corrected chi connectivity index (χ4v) is 3.35. The van der Waals surface area contributed by atoms with Crippen molar-refractivity contribution in [3.05, 3.63) is 28.1 Å². The summed E-state index contributed by atoms with van der Waals surface area (Å²) in [7, 11) is 0. The van der Waals surface area contributed by atoms with Crippen molar-refractivity contribution in [2.45, 2.75) is 60.4 Å². The Labute approximate surface area is 128 Å². The number of likely N-dealkylation sites (tertiary alicyclic amines) is 1. The maximum absolute atomic E-state index is 11.5. The zero-order valence-electron chi connectivity index (χ0n) is 14.3. The molecule has 2 rings (SSSR count). The van der Waals surface area contributed by atoms with Gasteiger partial charge in [0.15, 0.2) is 0 Å². The second-order valence-electron chi connectivity index (χ2n) is 6.80. The summed E-state index contributed by atoms with van der Waals surface area (Å²) in [5.41, 5.74) is 6.41. The first-order valence-electron chi connectivity index (χ1n) is 8.00. The molecule has 0 saturated carbocycles. The molecule has 0 radical (unpaired) electrons. The van der Waals surface area contributed by atoms with Crippen molar-refractivity contribution in [3.63, 3.8) is 0 Å². The van der Waals surface area contributed by atoms with Gasteiger partial charge in [-0.25, -0.2) is 0 Å². The summed E-state index contributed by atoms with van der Waals surface area (Å²) in [5.74, 6) is 1.02. The number of hydrogen-bond donors (Lipinski definition) is 0. The van der Waals surface area contributed by atoms with Crippen LogP contribution in [0.4, 0.5) is 0 Å². The lowest BCUT2D eigenvalue weighted by Crippen LogP contribution is -2.23. The molecule has 1 atom stereocenters. The van der Waals surface area contributed by atoms with Crippen LogP contribution in [0.2, 0.25) is 0 Å². The van der Waals surface area contributed by atoms with Gasteiger partial charge in [0.1, 0.15) is 5.78 Å². The van der Waals surface area contributed by atoms with E-state index in [1.807, 2.05) is 0 Å². The quantitative estimate of drug-likeness (QED) is 0.849. The number of nitrogens with zero attached hydrogens (tertiary/aromatic N) is 2. The number of rotatable bonds is 4. The second kappa shape index (κ2) is 6.27. The van der Waals surface area contributed by atoms with Crippen molar-refractivity contribution in [1.82, 2.24) is 9.88 Å². The molecule has 0 spiro atoms. The zero-order chi connectivity index (χ0) is 15.7. The summed E-state index contributed by atoms with van der Waals surface area (Å²) in [6.07, 6.45) is 1.00. The highest BCUT2D eigenvalue weighted by Gasteiger charge is 2.26. The summed E-state index contributed by atoms with van der Waals surface area (Å²) in [6.45, 7) is 15.5.